The number of hydrogen-bond acceptors (Lipinski definition) is 4. The molecule has 0 fully saturated rings. The average molecular weight is 354 g/mol. The van der Waals surface area contributed by atoms with E-state index in [0.29, 0.717) is 10.7 Å². The van der Waals surface area contributed by atoms with E-state index in [1.807, 2.05) is 42.5 Å². The quantitative estimate of drug-likeness (QED) is 0.477. The number of benzene rings is 2. The predicted octanol–water partition coefficient (Wildman–Crippen LogP) is 4.67. The molecule has 0 atom stereocenters. The van der Waals surface area contributed by atoms with Gasteiger partial charge in [-0.15, -0.1) is 0 Å². The standard InChI is InChI=1S/C20H16ClNO3/c21-19-11-10-15(12-22-19)13-25-20(23)18-9-5-4-6-16(18)14-24-17-7-2-1-3-8-17/h1-12H,13-14H2. The summed E-state index contributed by atoms with van der Waals surface area (Å²) in [6.07, 6.45) is 1.58. The molecule has 1 heterocycles. The third-order valence-corrected chi connectivity index (χ3v) is 3.76. The highest BCUT2D eigenvalue weighted by atomic mass is 35.5. The molecule has 0 aliphatic heterocycles. The number of hydrogen-bond donors (Lipinski definition) is 0. The SMILES string of the molecule is O=C(OCc1ccc(Cl)nc1)c1ccccc1COc1ccccc1. The van der Waals surface area contributed by atoms with Crippen LogP contribution in [-0.2, 0) is 18.0 Å². The Labute approximate surface area is 151 Å². The monoisotopic (exact) mass is 353 g/mol. The first kappa shape index (κ1) is 17.0. The number of carbonyl (C=O) groups excluding carboxylic acids is 1. The lowest BCUT2D eigenvalue weighted by molar-refractivity contribution is 0.0469. The molecule has 0 spiro atoms. The lowest BCUT2D eigenvalue weighted by Crippen LogP contribution is -2.10. The van der Waals surface area contributed by atoms with Gasteiger partial charge in [-0.3, -0.25) is 0 Å². The number of para-hydroxylation sites is 1. The number of aromatic nitrogens is 1. The number of halogens is 1. The zero-order valence-corrected chi connectivity index (χ0v) is 14.1. The van der Waals surface area contributed by atoms with E-state index in [2.05, 4.69) is 4.98 Å². The molecule has 0 N–H and O–H groups in total. The van der Waals surface area contributed by atoms with Crippen LogP contribution in [0.25, 0.3) is 0 Å². The summed E-state index contributed by atoms with van der Waals surface area (Å²) >= 11 is 5.74. The van der Waals surface area contributed by atoms with Crippen LogP contribution < -0.4 is 4.74 Å². The molecule has 0 saturated heterocycles. The molecule has 25 heavy (non-hydrogen) atoms. The molecule has 3 aromatic rings. The smallest absolute Gasteiger partial charge is 0.338 e. The first-order valence-electron chi connectivity index (χ1n) is 7.76. The van der Waals surface area contributed by atoms with E-state index in [1.165, 1.54) is 0 Å². The maximum atomic E-state index is 12.4. The predicted molar refractivity (Wildman–Crippen MR) is 95.6 cm³/mol. The van der Waals surface area contributed by atoms with Gasteiger partial charge >= 0.3 is 5.97 Å². The van der Waals surface area contributed by atoms with Crippen molar-refractivity contribution < 1.29 is 14.3 Å². The Morgan fingerprint density at radius 1 is 0.920 bits per heavy atom. The Hall–Kier alpha value is -2.85. The van der Waals surface area contributed by atoms with Crippen molar-refractivity contribution in [2.75, 3.05) is 0 Å². The van der Waals surface area contributed by atoms with Crippen molar-refractivity contribution in [3.05, 3.63) is 94.8 Å². The van der Waals surface area contributed by atoms with Crippen molar-refractivity contribution in [1.82, 2.24) is 4.98 Å². The molecule has 0 amide bonds. The Kier molecular flexibility index (Phi) is 5.65. The van der Waals surface area contributed by atoms with E-state index in [-0.39, 0.29) is 13.2 Å². The van der Waals surface area contributed by atoms with Gasteiger partial charge in [0.05, 0.1) is 5.56 Å². The molecular weight excluding hydrogens is 338 g/mol. The van der Waals surface area contributed by atoms with Crippen LogP contribution >= 0.6 is 11.6 Å². The molecule has 0 aliphatic carbocycles. The third kappa shape index (κ3) is 4.81. The first-order valence-corrected chi connectivity index (χ1v) is 8.13. The fraction of sp³-hybridized carbons (Fsp3) is 0.100. The van der Waals surface area contributed by atoms with Gasteiger partial charge in [0.25, 0.3) is 0 Å². The summed E-state index contributed by atoms with van der Waals surface area (Å²) in [6, 6.07) is 20.1. The Balaban J connectivity index is 1.64. The van der Waals surface area contributed by atoms with Gasteiger partial charge in [-0.2, -0.15) is 0 Å². The number of esters is 1. The van der Waals surface area contributed by atoms with Gasteiger partial charge in [0.15, 0.2) is 0 Å². The van der Waals surface area contributed by atoms with Crippen LogP contribution in [0.1, 0.15) is 21.5 Å². The minimum absolute atomic E-state index is 0.136. The highest BCUT2D eigenvalue weighted by Gasteiger charge is 2.13. The average Bonchev–Trinajstić information content (AvgIpc) is 2.67. The molecule has 0 radical (unpaired) electrons. The number of ether oxygens (including phenoxy) is 2. The highest BCUT2D eigenvalue weighted by molar-refractivity contribution is 6.29. The number of nitrogens with zero attached hydrogens (tertiary/aromatic N) is 1. The molecule has 126 valence electrons. The Morgan fingerprint density at radius 2 is 1.68 bits per heavy atom. The maximum absolute atomic E-state index is 12.4. The summed E-state index contributed by atoms with van der Waals surface area (Å²) in [5.41, 5.74) is 2.03. The van der Waals surface area contributed by atoms with Crippen molar-refractivity contribution in [3.63, 3.8) is 0 Å². The van der Waals surface area contributed by atoms with E-state index in [4.69, 9.17) is 21.1 Å². The van der Waals surface area contributed by atoms with Crippen molar-refractivity contribution in [1.29, 1.82) is 0 Å². The minimum atomic E-state index is -0.401. The molecule has 0 aliphatic rings. The number of carbonyl (C=O) groups is 1. The van der Waals surface area contributed by atoms with E-state index in [9.17, 15) is 4.79 Å². The largest absolute Gasteiger partial charge is 0.489 e. The van der Waals surface area contributed by atoms with Gasteiger partial charge in [0.1, 0.15) is 24.1 Å². The molecular formula is C20H16ClNO3. The van der Waals surface area contributed by atoms with Gasteiger partial charge in [-0.05, 0) is 24.3 Å². The van der Waals surface area contributed by atoms with E-state index < -0.39 is 5.97 Å². The molecule has 1 aromatic heterocycles. The van der Waals surface area contributed by atoms with Gasteiger partial charge in [0, 0.05) is 17.3 Å². The number of pyridine rings is 1. The van der Waals surface area contributed by atoms with E-state index in [1.54, 1.807) is 30.5 Å². The molecule has 2 aromatic carbocycles. The van der Waals surface area contributed by atoms with Crippen molar-refractivity contribution in [2.24, 2.45) is 0 Å². The van der Waals surface area contributed by atoms with Crippen molar-refractivity contribution in [2.45, 2.75) is 13.2 Å². The third-order valence-electron chi connectivity index (χ3n) is 3.53. The zero-order chi connectivity index (χ0) is 17.5. The van der Waals surface area contributed by atoms with Gasteiger partial charge in [0.2, 0.25) is 0 Å². The summed E-state index contributed by atoms with van der Waals surface area (Å²) in [4.78, 5) is 16.4. The summed E-state index contributed by atoms with van der Waals surface area (Å²) in [7, 11) is 0. The van der Waals surface area contributed by atoms with Crippen molar-refractivity contribution >= 4 is 17.6 Å². The summed E-state index contributed by atoms with van der Waals surface area (Å²) < 4.78 is 11.1. The van der Waals surface area contributed by atoms with Crippen LogP contribution in [0.5, 0.6) is 5.75 Å². The fourth-order valence-corrected chi connectivity index (χ4v) is 2.35. The van der Waals surface area contributed by atoms with Crippen LogP contribution in [0.2, 0.25) is 5.15 Å². The van der Waals surface area contributed by atoms with Gasteiger partial charge in [-0.25, -0.2) is 9.78 Å². The van der Waals surface area contributed by atoms with Crippen LogP contribution in [0.3, 0.4) is 0 Å². The minimum Gasteiger partial charge on any atom is -0.489 e. The van der Waals surface area contributed by atoms with Crippen LogP contribution in [0.15, 0.2) is 72.9 Å². The molecule has 0 bridgehead atoms. The first-order chi connectivity index (χ1) is 12.2. The second kappa shape index (κ2) is 8.31. The highest BCUT2D eigenvalue weighted by Crippen LogP contribution is 2.16. The van der Waals surface area contributed by atoms with Gasteiger partial charge < -0.3 is 9.47 Å². The molecule has 3 rings (SSSR count). The lowest BCUT2D eigenvalue weighted by Gasteiger charge is -2.11. The van der Waals surface area contributed by atoms with E-state index >= 15 is 0 Å². The molecule has 0 saturated carbocycles. The topological polar surface area (TPSA) is 48.4 Å². The molecule has 4 nitrogen and oxygen atoms in total. The maximum Gasteiger partial charge on any atom is 0.338 e. The Bertz CT molecular complexity index is 835. The van der Waals surface area contributed by atoms with Crippen LogP contribution in [0, 0.1) is 0 Å². The summed E-state index contributed by atoms with van der Waals surface area (Å²) in [5.74, 6) is 0.347. The normalized spacial score (nSPS) is 10.3. The molecule has 0 unspecified atom stereocenters. The second-order valence-corrected chi connectivity index (χ2v) is 5.71. The lowest BCUT2D eigenvalue weighted by atomic mass is 10.1. The van der Waals surface area contributed by atoms with E-state index in [0.717, 1.165) is 16.9 Å². The van der Waals surface area contributed by atoms with Crippen LogP contribution in [0.4, 0.5) is 0 Å². The number of rotatable bonds is 6. The second-order valence-electron chi connectivity index (χ2n) is 5.32. The fourth-order valence-electron chi connectivity index (χ4n) is 2.24. The molecule has 5 heteroatoms. The summed E-state index contributed by atoms with van der Waals surface area (Å²) in [6.45, 7) is 0.425. The Morgan fingerprint density at radius 3 is 2.44 bits per heavy atom. The summed E-state index contributed by atoms with van der Waals surface area (Å²) in [5, 5.41) is 0.401. The van der Waals surface area contributed by atoms with Crippen LogP contribution in [-0.4, -0.2) is 11.0 Å². The zero-order valence-electron chi connectivity index (χ0n) is 13.4. The van der Waals surface area contributed by atoms with Gasteiger partial charge in [-0.1, -0.05) is 54.1 Å². The van der Waals surface area contributed by atoms with Crippen molar-refractivity contribution in [3.8, 4) is 5.75 Å².